The summed E-state index contributed by atoms with van der Waals surface area (Å²) in [5.74, 6) is -1.30. The van der Waals surface area contributed by atoms with Gasteiger partial charge in [-0.05, 0) is 24.6 Å². The second-order valence-corrected chi connectivity index (χ2v) is 7.08. The van der Waals surface area contributed by atoms with Crippen LogP contribution in [0.5, 0.6) is 5.88 Å². The van der Waals surface area contributed by atoms with E-state index in [2.05, 4.69) is 19.7 Å². The number of carbonyl (C=O) groups is 1. The highest BCUT2D eigenvalue weighted by Crippen LogP contribution is 2.39. The molecule has 8 nitrogen and oxygen atoms in total. The van der Waals surface area contributed by atoms with E-state index in [-0.39, 0.29) is 23.6 Å². The van der Waals surface area contributed by atoms with Gasteiger partial charge in [0, 0.05) is 19.1 Å². The van der Waals surface area contributed by atoms with E-state index in [1.165, 1.54) is 26.2 Å². The SMILES string of the molecule is CO[C@H]1[C@@H](C(F)F)OC(N)=N[C@]1(C)c1cc(CC(=O)c2cnc(OCF)cn2)ccc1F. The van der Waals surface area contributed by atoms with Gasteiger partial charge in [0.05, 0.1) is 12.4 Å². The molecule has 32 heavy (non-hydrogen) atoms. The summed E-state index contributed by atoms with van der Waals surface area (Å²) >= 11 is 0. The highest BCUT2D eigenvalue weighted by molar-refractivity contribution is 5.95. The Morgan fingerprint density at radius 1 is 1.31 bits per heavy atom. The van der Waals surface area contributed by atoms with Crippen molar-refractivity contribution in [1.82, 2.24) is 9.97 Å². The topological polar surface area (TPSA) is 109 Å². The third-order valence-electron chi connectivity index (χ3n) is 5.01. The predicted molar refractivity (Wildman–Crippen MR) is 104 cm³/mol. The molecule has 2 N–H and O–H groups in total. The van der Waals surface area contributed by atoms with Crippen LogP contribution in [0, 0.1) is 5.82 Å². The largest absolute Gasteiger partial charge is 0.453 e. The monoisotopic (exact) mass is 456 g/mol. The molecular weight excluding hydrogens is 436 g/mol. The maximum absolute atomic E-state index is 14.8. The zero-order valence-electron chi connectivity index (χ0n) is 17.1. The maximum Gasteiger partial charge on any atom is 0.283 e. The number of nitrogens with two attached hydrogens (primary N) is 1. The molecule has 1 aliphatic rings. The number of nitrogens with zero attached hydrogens (tertiary/aromatic N) is 3. The lowest BCUT2D eigenvalue weighted by atomic mass is 9.82. The molecule has 3 rings (SSSR count). The molecule has 3 atom stereocenters. The quantitative estimate of drug-likeness (QED) is 0.480. The number of carbonyl (C=O) groups excluding carboxylic acids is 1. The van der Waals surface area contributed by atoms with E-state index in [1.54, 1.807) is 0 Å². The molecule has 0 unspecified atom stereocenters. The van der Waals surface area contributed by atoms with Crippen molar-refractivity contribution in [2.24, 2.45) is 10.7 Å². The molecule has 0 saturated heterocycles. The summed E-state index contributed by atoms with van der Waals surface area (Å²) in [4.78, 5) is 24.2. The van der Waals surface area contributed by atoms with Gasteiger partial charge in [0.1, 0.15) is 23.2 Å². The summed E-state index contributed by atoms with van der Waals surface area (Å²) in [7, 11) is 1.18. The van der Waals surface area contributed by atoms with Crippen molar-refractivity contribution in [3.8, 4) is 5.88 Å². The minimum absolute atomic E-state index is 0.0193. The van der Waals surface area contributed by atoms with Gasteiger partial charge in [0.15, 0.2) is 11.9 Å². The van der Waals surface area contributed by atoms with Gasteiger partial charge in [-0.3, -0.25) is 4.79 Å². The molecule has 0 fully saturated rings. The smallest absolute Gasteiger partial charge is 0.283 e. The van der Waals surface area contributed by atoms with Crippen molar-refractivity contribution in [2.45, 2.75) is 37.5 Å². The lowest BCUT2D eigenvalue weighted by Gasteiger charge is -2.41. The number of hydrogen-bond acceptors (Lipinski definition) is 8. The molecule has 1 aromatic carbocycles. The average Bonchev–Trinajstić information content (AvgIpc) is 2.75. The molecule has 2 heterocycles. The van der Waals surface area contributed by atoms with Gasteiger partial charge in [0.2, 0.25) is 12.7 Å². The van der Waals surface area contributed by atoms with Crippen molar-refractivity contribution >= 4 is 11.8 Å². The first-order valence-corrected chi connectivity index (χ1v) is 9.35. The van der Waals surface area contributed by atoms with Crippen molar-refractivity contribution in [3.05, 3.63) is 53.2 Å². The normalized spacial score (nSPS) is 22.9. The van der Waals surface area contributed by atoms with Crippen LogP contribution in [-0.2, 0) is 21.4 Å². The summed E-state index contributed by atoms with van der Waals surface area (Å²) in [6, 6.07) is 3.26. The van der Waals surface area contributed by atoms with Gasteiger partial charge in [-0.25, -0.2) is 32.5 Å². The second-order valence-electron chi connectivity index (χ2n) is 7.08. The zero-order chi connectivity index (χ0) is 23.5. The molecule has 1 aromatic heterocycles. The van der Waals surface area contributed by atoms with E-state index in [4.69, 9.17) is 15.2 Å². The Labute approximate surface area is 180 Å². The number of benzene rings is 1. The lowest BCUT2D eigenvalue weighted by molar-refractivity contribution is -0.121. The Hall–Kier alpha value is -3.28. The fraction of sp³-hybridized carbons (Fsp3) is 0.400. The van der Waals surface area contributed by atoms with Crippen LogP contribution in [0.15, 0.2) is 35.6 Å². The molecule has 0 bridgehead atoms. The Morgan fingerprint density at radius 3 is 2.66 bits per heavy atom. The molecule has 0 spiro atoms. The van der Waals surface area contributed by atoms with E-state index >= 15 is 0 Å². The number of methoxy groups -OCH3 is 1. The number of rotatable bonds is 8. The molecule has 2 aromatic rings. The third kappa shape index (κ3) is 4.64. The molecule has 0 amide bonds. The molecule has 0 radical (unpaired) electrons. The number of amidine groups is 1. The first-order valence-electron chi connectivity index (χ1n) is 9.35. The van der Waals surface area contributed by atoms with Crippen LogP contribution in [0.25, 0.3) is 0 Å². The summed E-state index contributed by atoms with van der Waals surface area (Å²) in [5, 5.41) is 0. The van der Waals surface area contributed by atoms with Crippen LogP contribution in [0.2, 0.25) is 0 Å². The van der Waals surface area contributed by atoms with Gasteiger partial charge < -0.3 is 19.9 Å². The van der Waals surface area contributed by atoms with Crippen molar-refractivity contribution < 1.29 is 36.6 Å². The molecule has 12 heteroatoms. The number of halogens is 4. The second kappa shape index (κ2) is 9.47. The first kappa shape index (κ1) is 23.4. The maximum atomic E-state index is 14.8. The van der Waals surface area contributed by atoms with Crippen LogP contribution >= 0.6 is 0 Å². The number of ketones is 1. The third-order valence-corrected chi connectivity index (χ3v) is 5.01. The molecule has 0 aliphatic carbocycles. The van der Waals surface area contributed by atoms with E-state index < -0.39 is 48.7 Å². The Bertz CT molecular complexity index is 1010. The summed E-state index contributed by atoms with van der Waals surface area (Å²) < 4.78 is 68.6. The molecule has 0 saturated carbocycles. The Kier molecular flexibility index (Phi) is 6.92. The van der Waals surface area contributed by atoms with Crippen LogP contribution in [0.4, 0.5) is 17.6 Å². The number of aromatic nitrogens is 2. The number of Topliss-reactive ketones (excluding diaryl/α,β-unsaturated/α-hetero) is 1. The van der Waals surface area contributed by atoms with Gasteiger partial charge in [-0.15, -0.1) is 0 Å². The van der Waals surface area contributed by atoms with E-state index in [0.717, 1.165) is 18.5 Å². The molecular formula is C20H20F4N4O4. The number of aliphatic imine (C=N–C) groups is 1. The van der Waals surface area contributed by atoms with Crippen LogP contribution in [-0.4, -0.2) is 54.4 Å². The van der Waals surface area contributed by atoms with Gasteiger partial charge in [0.25, 0.3) is 12.4 Å². The highest BCUT2D eigenvalue weighted by Gasteiger charge is 2.51. The summed E-state index contributed by atoms with van der Waals surface area (Å²) in [6.45, 7) is 0.303. The van der Waals surface area contributed by atoms with Gasteiger partial charge in [-0.1, -0.05) is 6.07 Å². The minimum Gasteiger partial charge on any atom is -0.453 e. The van der Waals surface area contributed by atoms with Crippen LogP contribution in [0.3, 0.4) is 0 Å². The van der Waals surface area contributed by atoms with Crippen molar-refractivity contribution in [2.75, 3.05) is 14.0 Å². The summed E-state index contributed by atoms with van der Waals surface area (Å²) in [6.07, 6.45) is -4.08. The van der Waals surface area contributed by atoms with Gasteiger partial charge >= 0.3 is 0 Å². The van der Waals surface area contributed by atoms with Crippen molar-refractivity contribution in [1.29, 1.82) is 0 Å². The predicted octanol–water partition coefficient (Wildman–Crippen LogP) is 2.56. The van der Waals surface area contributed by atoms with E-state index in [0.29, 0.717) is 5.56 Å². The standard InChI is InChI=1S/C20H20F4N4O4/c1-20(17(30-2)16(18(23)24)32-19(25)28-20)11-5-10(3-4-12(11)22)6-14(29)13-7-27-15(8-26-13)31-9-21/h3-5,7-8,16-18H,6,9H2,1-2H3,(H2,25,28)/t16-,17-,20+/m0/s1. The highest BCUT2D eigenvalue weighted by atomic mass is 19.3. The average molecular weight is 456 g/mol. The fourth-order valence-corrected chi connectivity index (χ4v) is 3.54. The Morgan fingerprint density at radius 2 is 2.06 bits per heavy atom. The van der Waals surface area contributed by atoms with Crippen LogP contribution < -0.4 is 10.5 Å². The lowest BCUT2D eigenvalue weighted by Crippen LogP contribution is -2.55. The minimum atomic E-state index is -2.97. The molecule has 172 valence electrons. The van der Waals surface area contributed by atoms with Crippen molar-refractivity contribution in [3.63, 3.8) is 0 Å². The number of ether oxygens (including phenoxy) is 3. The first-order chi connectivity index (χ1) is 15.2. The van der Waals surface area contributed by atoms with Crippen LogP contribution in [0.1, 0.15) is 28.5 Å². The Balaban J connectivity index is 1.92. The molecule has 1 aliphatic heterocycles. The van der Waals surface area contributed by atoms with E-state index in [1.807, 2.05) is 0 Å². The fourth-order valence-electron chi connectivity index (χ4n) is 3.54. The van der Waals surface area contributed by atoms with E-state index in [9.17, 15) is 22.4 Å². The number of hydrogen-bond donors (Lipinski definition) is 1. The number of alkyl halides is 3. The zero-order valence-corrected chi connectivity index (χ0v) is 17.1. The van der Waals surface area contributed by atoms with Gasteiger partial charge in [-0.2, -0.15) is 0 Å². The summed E-state index contributed by atoms with van der Waals surface area (Å²) in [5.41, 5.74) is 4.19.